The summed E-state index contributed by atoms with van der Waals surface area (Å²) in [5, 5.41) is 0. The topological polar surface area (TPSA) is 84.3 Å². The van der Waals surface area contributed by atoms with Gasteiger partial charge in [0, 0.05) is 37.6 Å². The molecule has 220 valence electrons. The van der Waals surface area contributed by atoms with Crippen molar-refractivity contribution in [1.29, 1.82) is 0 Å². The molecule has 5 rings (SSSR count). The van der Waals surface area contributed by atoms with Crippen molar-refractivity contribution in [2.75, 3.05) is 4.90 Å². The number of amides is 1. The Balaban J connectivity index is 1.46. The van der Waals surface area contributed by atoms with Crippen LogP contribution in [-0.4, -0.2) is 23.9 Å². The molecule has 0 radical (unpaired) electrons. The number of nitrogens with one attached hydrogen (secondary N) is 1. The van der Waals surface area contributed by atoms with Crippen LogP contribution in [0.5, 0.6) is 0 Å². The minimum Gasteiger partial charge on any atom is -0.337 e. The van der Waals surface area contributed by atoms with E-state index in [1.165, 1.54) is 6.07 Å². The summed E-state index contributed by atoms with van der Waals surface area (Å²) in [6, 6.07) is 15.7. The average molecular weight is 593 g/mol. The number of hydrogen-bond donors (Lipinski definition) is 1. The van der Waals surface area contributed by atoms with Crippen LogP contribution in [0.15, 0.2) is 78.0 Å². The van der Waals surface area contributed by atoms with Gasteiger partial charge in [0.25, 0.3) is 0 Å². The quantitative estimate of drug-likeness (QED) is 0.255. The van der Waals surface area contributed by atoms with Crippen LogP contribution >= 0.6 is 0 Å². The van der Waals surface area contributed by atoms with E-state index in [0.717, 1.165) is 41.7 Å². The lowest BCUT2D eigenvalue weighted by Crippen LogP contribution is -2.34. The summed E-state index contributed by atoms with van der Waals surface area (Å²) in [5.74, 6) is -1.81. The second kappa shape index (κ2) is 12.1. The first-order chi connectivity index (χ1) is 20.0. The van der Waals surface area contributed by atoms with Gasteiger partial charge in [0.15, 0.2) is 11.6 Å². The van der Waals surface area contributed by atoms with Gasteiger partial charge in [-0.25, -0.2) is 26.9 Å². The van der Waals surface area contributed by atoms with E-state index >= 15 is 0 Å². The lowest BCUT2D eigenvalue weighted by molar-refractivity contribution is -0.119. The van der Waals surface area contributed by atoms with Gasteiger partial charge in [-0.05, 0) is 85.2 Å². The number of nitrogens with zero attached hydrogens (tertiary/aromatic N) is 3. The molecular formula is C32H34F2N4O3S. The molecule has 0 aliphatic heterocycles. The Morgan fingerprint density at radius 1 is 1.10 bits per heavy atom. The first-order valence-corrected chi connectivity index (χ1v) is 15.4. The van der Waals surface area contributed by atoms with Gasteiger partial charge in [-0.2, -0.15) is 0 Å². The Morgan fingerprint density at radius 3 is 2.55 bits per heavy atom. The summed E-state index contributed by atoms with van der Waals surface area (Å²) in [7, 11) is -1.92. The highest BCUT2D eigenvalue weighted by Crippen LogP contribution is 2.35. The van der Waals surface area contributed by atoms with Crippen LogP contribution in [0.4, 0.5) is 14.5 Å². The average Bonchev–Trinajstić information content (AvgIpc) is 3.37. The summed E-state index contributed by atoms with van der Waals surface area (Å²) >= 11 is 0. The van der Waals surface area contributed by atoms with E-state index < -0.39 is 27.7 Å². The molecule has 0 unspecified atom stereocenters. The number of imidazole rings is 1. The number of aromatic nitrogens is 2. The number of rotatable bonds is 9. The molecule has 1 heterocycles. The number of sulfonamides is 1. The van der Waals surface area contributed by atoms with Crippen LogP contribution in [0.1, 0.15) is 66.2 Å². The van der Waals surface area contributed by atoms with Crippen molar-refractivity contribution in [1.82, 2.24) is 14.3 Å². The molecule has 2 atom stereocenters. The third-order valence-corrected chi connectivity index (χ3v) is 9.39. The standard InChI is InChI=1S/C32H34F2N4O3S/c1-21-7-12-26(13-8-21)42(40,41)36-30-6-4-5-23-9-11-25(19-27(23)30)38(20-31-35-15-16-37(31)3)32(39)17-22(2)24-10-14-28(33)29(34)18-24/h7-16,18-19,22,30,36H,4-6,17,20H2,1-3H3/t22-,30+/m1/s1. The maximum Gasteiger partial charge on any atom is 0.241 e. The molecule has 1 amide bonds. The van der Waals surface area contributed by atoms with Gasteiger partial charge in [-0.3, -0.25) is 4.79 Å². The Bertz CT molecular complexity index is 1700. The van der Waals surface area contributed by atoms with Crippen molar-refractivity contribution in [2.24, 2.45) is 7.05 Å². The predicted molar refractivity (Wildman–Crippen MR) is 157 cm³/mol. The van der Waals surface area contributed by atoms with Gasteiger partial charge in [-0.1, -0.05) is 36.8 Å². The fourth-order valence-electron chi connectivity index (χ4n) is 5.37. The summed E-state index contributed by atoms with van der Waals surface area (Å²) in [4.78, 5) is 20.0. The molecule has 1 N–H and O–H groups in total. The Labute approximate surface area is 245 Å². The summed E-state index contributed by atoms with van der Waals surface area (Å²) in [6.07, 6.45) is 5.77. The number of benzene rings is 3. The fraction of sp³-hybridized carbons (Fsp3) is 0.312. The largest absolute Gasteiger partial charge is 0.337 e. The van der Waals surface area contributed by atoms with Gasteiger partial charge >= 0.3 is 0 Å². The first kappa shape index (κ1) is 29.6. The maximum absolute atomic E-state index is 13.9. The minimum atomic E-state index is -3.77. The Kier molecular flexibility index (Phi) is 8.56. The molecule has 7 nitrogen and oxygen atoms in total. The van der Waals surface area contributed by atoms with Crippen LogP contribution in [0.2, 0.25) is 0 Å². The minimum absolute atomic E-state index is 0.0516. The van der Waals surface area contributed by atoms with Crippen LogP contribution in [-0.2, 0) is 34.8 Å². The van der Waals surface area contributed by atoms with Gasteiger partial charge in [-0.15, -0.1) is 0 Å². The third kappa shape index (κ3) is 6.44. The number of halogens is 2. The zero-order valence-electron chi connectivity index (χ0n) is 23.8. The second-order valence-electron chi connectivity index (χ2n) is 11.0. The monoisotopic (exact) mass is 592 g/mol. The normalized spacial score (nSPS) is 15.7. The highest BCUT2D eigenvalue weighted by Gasteiger charge is 2.28. The molecule has 42 heavy (non-hydrogen) atoms. The molecule has 0 fully saturated rings. The molecular weight excluding hydrogens is 558 g/mol. The summed E-state index contributed by atoms with van der Waals surface area (Å²) in [6.45, 7) is 3.89. The fourth-order valence-corrected chi connectivity index (χ4v) is 6.62. The van der Waals surface area contributed by atoms with E-state index in [1.807, 2.05) is 36.7 Å². The Morgan fingerprint density at radius 2 is 1.86 bits per heavy atom. The Hall–Kier alpha value is -3.89. The SMILES string of the molecule is Cc1ccc(S(=O)(=O)N[C@H]2CCCc3ccc(N(Cc4nccn4C)C(=O)C[C@@H](C)c4ccc(F)c(F)c4)cc32)cc1. The van der Waals surface area contributed by atoms with E-state index in [9.17, 15) is 22.0 Å². The maximum atomic E-state index is 13.9. The van der Waals surface area contributed by atoms with Gasteiger partial charge in [0.1, 0.15) is 5.82 Å². The van der Waals surface area contributed by atoms with Crippen LogP contribution in [0, 0.1) is 18.6 Å². The number of carbonyl (C=O) groups is 1. The summed E-state index contributed by atoms with van der Waals surface area (Å²) in [5.41, 5.74) is 3.97. The van der Waals surface area contributed by atoms with Crippen LogP contribution < -0.4 is 9.62 Å². The molecule has 0 saturated heterocycles. The van der Waals surface area contributed by atoms with E-state index in [4.69, 9.17) is 0 Å². The molecule has 0 bridgehead atoms. The molecule has 1 aromatic heterocycles. The zero-order valence-corrected chi connectivity index (χ0v) is 24.7. The number of anilines is 1. The van der Waals surface area contributed by atoms with Crippen LogP contribution in [0.3, 0.4) is 0 Å². The molecule has 10 heteroatoms. The second-order valence-corrected chi connectivity index (χ2v) is 12.7. The zero-order chi connectivity index (χ0) is 30.0. The number of carbonyl (C=O) groups excluding carboxylic acids is 1. The molecule has 4 aromatic rings. The van der Waals surface area contributed by atoms with E-state index in [1.54, 1.807) is 48.5 Å². The smallest absolute Gasteiger partial charge is 0.241 e. The molecule has 0 saturated carbocycles. The summed E-state index contributed by atoms with van der Waals surface area (Å²) < 4.78 is 58.7. The highest BCUT2D eigenvalue weighted by molar-refractivity contribution is 7.89. The first-order valence-electron chi connectivity index (χ1n) is 13.9. The van der Waals surface area contributed by atoms with Crippen molar-refractivity contribution < 1.29 is 22.0 Å². The molecule has 0 spiro atoms. The van der Waals surface area contributed by atoms with Gasteiger partial charge in [0.05, 0.1) is 11.4 Å². The van der Waals surface area contributed by atoms with Crippen molar-refractivity contribution in [3.8, 4) is 0 Å². The van der Waals surface area contributed by atoms with Crippen molar-refractivity contribution in [3.05, 3.63) is 113 Å². The van der Waals surface area contributed by atoms with Gasteiger partial charge < -0.3 is 9.47 Å². The van der Waals surface area contributed by atoms with E-state index in [-0.39, 0.29) is 29.7 Å². The molecule has 1 aliphatic rings. The van der Waals surface area contributed by atoms with Crippen molar-refractivity contribution in [3.63, 3.8) is 0 Å². The predicted octanol–water partition coefficient (Wildman–Crippen LogP) is 6.09. The lowest BCUT2D eigenvalue weighted by atomic mass is 9.87. The highest BCUT2D eigenvalue weighted by atomic mass is 32.2. The number of fused-ring (bicyclic) bond motifs is 1. The number of aryl methyl sites for hydroxylation is 3. The van der Waals surface area contributed by atoms with Crippen LogP contribution in [0.25, 0.3) is 0 Å². The van der Waals surface area contributed by atoms with Crippen molar-refractivity contribution >= 4 is 21.6 Å². The lowest BCUT2D eigenvalue weighted by Gasteiger charge is -2.30. The van der Waals surface area contributed by atoms with E-state index in [0.29, 0.717) is 23.5 Å². The van der Waals surface area contributed by atoms with Crippen molar-refractivity contribution in [2.45, 2.75) is 62.9 Å². The molecule has 1 aliphatic carbocycles. The third-order valence-electron chi connectivity index (χ3n) is 7.90. The number of hydrogen-bond acceptors (Lipinski definition) is 4. The van der Waals surface area contributed by atoms with E-state index in [2.05, 4.69) is 9.71 Å². The molecule has 3 aromatic carbocycles. The van der Waals surface area contributed by atoms with Gasteiger partial charge in [0.2, 0.25) is 15.9 Å².